The predicted octanol–water partition coefficient (Wildman–Crippen LogP) is 2.52. The molecule has 2 heterocycles. The fraction of sp³-hybridized carbons (Fsp3) is 0.833. The van der Waals surface area contributed by atoms with E-state index in [1.54, 1.807) is 18.4 Å². The molecule has 5 heteroatoms. The van der Waals surface area contributed by atoms with E-state index in [1.807, 2.05) is 0 Å². The lowest BCUT2D eigenvalue weighted by atomic mass is 9.96. The molecule has 0 saturated carbocycles. The van der Waals surface area contributed by atoms with Crippen molar-refractivity contribution in [3.05, 3.63) is 5.01 Å². The predicted molar refractivity (Wildman–Crippen MR) is 70.8 cm³/mol. The Morgan fingerprint density at radius 1 is 1.41 bits per heavy atom. The van der Waals surface area contributed by atoms with Gasteiger partial charge in [0.2, 0.25) is 5.13 Å². The number of hydrogen-bond donors (Lipinski definition) is 0. The average Bonchev–Trinajstić information content (AvgIpc) is 2.79. The van der Waals surface area contributed by atoms with Crippen LogP contribution >= 0.6 is 11.3 Å². The minimum absolute atomic E-state index is 0.315. The minimum atomic E-state index is 0.315. The van der Waals surface area contributed by atoms with Gasteiger partial charge in [-0.05, 0) is 12.3 Å². The van der Waals surface area contributed by atoms with Crippen molar-refractivity contribution >= 4 is 16.5 Å². The second-order valence-corrected chi connectivity index (χ2v) is 6.05. The summed E-state index contributed by atoms with van der Waals surface area (Å²) in [4.78, 5) is 2.30. The smallest absolute Gasteiger partial charge is 0.208 e. The van der Waals surface area contributed by atoms with Crippen molar-refractivity contribution in [1.29, 1.82) is 0 Å². The lowest BCUT2D eigenvalue weighted by Crippen LogP contribution is -2.43. The van der Waals surface area contributed by atoms with Crippen LogP contribution in [0, 0.1) is 5.92 Å². The first-order valence-corrected chi connectivity index (χ1v) is 7.04. The zero-order valence-corrected chi connectivity index (χ0v) is 11.8. The van der Waals surface area contributed by atoms with Gasteiger partial charge in [0.1, 0.15) is 5.01 Å². The molecule has 2 atom stereocenters. The van der Waals surface area contributed by atoms with Crippen LogP contribution in [-0.2, 0) is 4.74 Å². The molecule has 0 aliphatic carbocycles. The first-order valence-electron chi connectivity index (χ1n) is 6.23. The molecule has 0 N–H and O–H groups in total. The highest BCUT2D eigenvalue weighted by molar-refractivity contribution is 7.15. The van der Waals surface area contributed by atoms with E-state index in [1.165, 1.54) is 0 Å². The molecular formula is C12H21N3OS. The van der Waals surface area contributed by atoms with Crippen molar-refractivity contribution < 1.29 is 4.74 Å². The molecule has 4 nitrogen and oxygen atoms in total. The molecule has 1 aliphatic heterocycles. The molecule has 0 bridgehead atoms. The van der Waals surface area contributed by atoms with Crippen LogP contribution in [0.1, 0.15) is 38.1 Å². The van der Waals surface area contributed by atoms with E-state index in [0.717, 1.165) is 29.6 Å². The first kappa shape index (κ1) is 12.8. The zero-order valence-electron chi connectivity index (χ0n) is 11.0. The monoisotopic (exact) mass is 255 g/mol. The van der Waals surface area contributed by atoms with Crippen LogP contribution < -0.4 is 4.90 Å². The van der Waals surface area contributed by atoms with Crippen molar-refractivity contribution in [1.82, 2.24) is 10.2 Å². The molecule has 1 fully saturated rings. The molecule has 1 saturated heterocycles. The van der Waals surface area contributed by atoms with Crippen molar-refractivity contribution in [3.63, 3.8) is 0 Å². The Hall–Kier alpha value is -0.680. The van der Waals surface area contributed by atoms with Gasteiger partial charge in [0.25, 0.3) is 0 Å². The van der Waals surface area contributed by atoms with E-state index in [0.29, 0.717) is 17.9 Å². The van der Waals surface area contributed by atoms with Crippen molar-refractivity contribution in [2.45, 2.75) is 39.2 Å². The molecule has 2 rings (SSSR count). The topological polar surface area (TPSA) is 38.2 Å². The van der Waals surface area contributed by atoms with Crippen LogP contribution in [0.3, 0.4) is 0 Å². The molecule has 96 valence electrons. The standard InChI is InChI=1S/C12H21N3OS/c1-8(2)11-13-14-12(17-11)15-6-5-9(3)10(7-15)16-4/h8-10H,5-7H2,1-4H3. The highest BCUT2D eigenvalue weighted by atomic mass is 32.1. The molecule has 1 aliphatic rings. The summed E-state index contributed by atoms with van der Waals surface area (Å²) in [6.07, 6.45) is 1.48. The molecule has 0 radical (unpaired) electrons. The van der Waals surface area contributed by atoms with Gasteiger partial charge in [-0.3, -0.25) is 0 Å². The largest absolute Gasteiger partial charge is 0.379 e. The summed E-state index contributed by atoms with van der Waals surface area (Å²) in [6, 6.07) is 0. The molecular weight excluding hydrogens is 234 g/mol. The Balaban J connectivity index is 2.06. The Labute approximate surface area is 107 Å². The van der Waals surface area contributed by atoms with Crippen LogP contribution in [0.25, 0.3) is 0 Å². The SMILES string of the molecule is COC1CN(c2nnc(C(C)C)s2)CCC1C. The molecule has 0 spiro atoms. The third kappa shape index (κ3) is 2.77. The molecule has 2 unspecified atom stereocenters. The lowest BCUT2D eigenvalue weighted by Gasteiger charge is -2.35. The summed E-state index contributed by atoms with van der Waals surface area (Å²) in [5.74, 6) is 1.09. The molecule has 1 aromatic rings. The summed E-state index contributed by atoms with van der Waals surface area (Å²) in [5, 5.41) is 10.7. The van der Waals surface area contributed by atoms with Crippen LogP contribution in [0.2, 0.25) is 0 Å². The molecule has 0 amide bonds. The second-order valence-electron chi connectivity index (χ2n) is 5.06. The van der Waals surface area contributed by atoms with E-state index >= 15 is 0 Å². The number of piperidine rings is 1. The number of rotatable bonds is 3. The highest BCUT2D eigenvalue weighted by Crippen LogP contribution is 2.29. The number of nitrogens with zero attached hydrogens (tertiary/aromatic N) is 3. The van der Waals surface area contributed by atoms with E-state index in [9.17, 15) is 0 Å². The Bertz CT molecular complexity index is 366. The maximum absolute atomic E-state index is 5.52. The van der Waals surface area contributed by atoms with E-state index in [2.05, 4.69) is 35.9 Å². The summed E-state index contributed by atoms with van der Waals surface area (Å²) < 4.78 is 5.52. The van der Waals surface area contributed by atoms with E-state index in [4.69, 9.17) is 4.74 Å². The quantitative estimate of drug-likeness (QED) is 0.832. The number of anilines is 1. The molecule has 17 heavy (non-hydrogen) atoms. The normalized spacial score (nSPS) is 25.6. The van der Waals surface area contributed by atoms with Gasteiger partial charge in [0.05, 0.1) is 6.10 Å². The summed E-state index contributed by atoms with van der Waals surface area (Å²) in [6.45, 7) is 8.56. The van der Waals surface area contributed by atoms with Gasteiger partial charge in [-0.1, -0.05) is 32.1 Å². The van der Waals surface area contributed by atoms with Gasteiger partial charge >= 0.3 is 0 Å². The molecule has 1 aromatic heterocycles. The number of aromatic nitrogens is 2. The minimum Gasteiger partial charge on any atom is -0.379 e. The maximum Gasteiger partial charge on any atom is 0.208 e. The average molecular weight is 255 g/mol. The number of methoxy groups -OCH3 is 1. The van der Waals surface area contributed by atoms with Crippen LogP contribution in [0.5, 0.6) is 0 Å². The van der Waals surface area contributed by atoms with Gasteiger partial charge in [0, 0.05) is 26.1 Å². The van der Waals surface area contributed by atoms with Crippen molar-refractivity contribution in [2.24, 2.45) is 5.92 Å². The Morgan fingerprint density at radius 3 is 2.76 bits per heavy atom. The van der Waals surface area contributed by atoms with Crippen LogP contribution in [0.15, 0.2) is 0 Å². The Morgan fingerprint density at radius 2 is 2.18 bits per heavy atom. The van der Waals surface area contributed by atoms with Crippen molar-refractivity contribution in [2.75, 3.05) is 25.1 Å². The van der Waals surface area contributed by atoms with Gasteiger partial charge in [-0.15, -0.1) is 10.2 Å². The van der Waals surface area contributed by atoms with Crippen LogP contribution in [-0.4, -0.2) is 36.5 Å². The number of ether oxygens (including phenoxy) is 1. The number of hydrogen-bond acceptors (Lipinski definition) is 5. The first-order chi connectivity index (χ1) is 8.11. The van der Waals surface area contributed by atoms with Crippen molar-refractivity contribution in [3.8, 4) is 0 Å². The van der Waals surface area contributed by atoms with Gasteiger partial charge < -0.3 is 9.64 Å². The highest BCUT2D eigenvalue weighted by Gasteiger charge is 2.27. The fourth-order valence-electron chi connectivity index (χ4n) is 2.10. The summed E-state index contributed by atoms with van der Waals surface area (Å²) in [7, 11) is 1.80. The van der Waals surface area contributed by atoms with Gasteiger partial charge in [-0.25, -0.2) is 0 Å². The fourth-order valence-corrected chi connectivity index (χ4v) is 2.98. The van der Waals surface area contributed by atoms with Gasteiger partial charge in [-0.2, -0.15) is 0 Å². The summed E-state index contributed by atoms with van der Waals surface area (Å²) >= 11 is 1.71. The van der Waals surface area contributed by atoms with E-state index in [-0.39, 0.29) is 0 Å². The lowest BCUT2D eigenvalue weighted by molar-refractivity contribution is 0.0498. The maximum atomic E-state index is 5.52. The Kier molecular flexibility index (Phi) is 3.99. The molecule has 0 aromatic carbocycles. The third-order valence-electron chi connectivity index (χ3n) is 3.39. The third-order valence-corrected chi connectivity index (χ3v) is 4.67. The zero-order chi connectivity index (χ0) is 12.4. The summed E-state index contributed by atoms with van der Waals surface area (Å²) in [5.41, 5.74) is 0. The van der Waals surface area contributed by atoms with Gasteiger partial charge in [0.15, 0.2) is 0 Å². The van der Waals surface area contributed by atoms with Crippen LogP contribution in [0.4, 0.5) is 5.13 Å². The van der Waals surface area contributed by atoms with E-state index < -0.39 is 0 Å². The second kappa shape index (κ2) is 5.31.